The number of non-ortho nitro benzene ring substituents is 1. The molecule has 0 fully saturated rings. The number of amides is 2. The summed E-state index contributed by atoms with van der Waals surface area (Å²) >= 11 is 0. The van der Waals surface area contributed by atoms with Crippen molar-refractivity contribution in [1.82, 2.24) is 5.43 Å². The summed E-state index contributed by atoms with van der Waals surface area (Å²) in [5.74, 6) is 0.988. The zero-order valence-electron chi connectivity index (χ0n) is 18.3. The van der Waals surface area contributed by atoms with Crippen LogP contribution in [0.4, 0.5) is 16.2 Å². The van der Waals surface area contributed by atoms with E-state index in [2.05, 4.69) is 15.8 Å². The molecule has 2 amide bonds. The second kappa shape index (κ2) is 11.3. The molecule has 3 rings (SSSR count). The molecule has 9 nitrogen and oxygen atoms in total. The number of para-hydroxylation sites is 1. The first-order valence-electron chi connectivity index (χ1n) is 10.2. The molecule has 0 saturated heterocycles. The molecule has 0 unspecified atom stereocenters. The first-order valence-corrected chi connectivity index (χ1v) is 10.2. The lowest BCUT2D eigenvalue weighted by atomic mass is 10.2. The van der Waals surface area contributed by atoms with Crippen molar-refractivity contribution in [2.45, 2.75) is 20.5 Å². The Bertz CT molecular complexity index is 1160. The van der Waals surface area contributed by atoms with E-state index in [0.717, 1.165) is 5.56 Å². The zero-order valence-corrected chi connectivity index (χ0v) is 18.3. The van der Waals surface area contributed by atoms with Gasteiger partial charge in [0.15, 0.2) is 11.5 Å². The molecule has 0 aromatic heterocycles. The number of carbonyl (C=O) groups excluding carboxylic acids is 1. The molecule has 33 heavy (non-hydrogen) atoms. The number of anilines is 1. The second-order valence-corrected chi connectivity index (χ2v) is 6.99. The molecule has 0 saturated carbocycles. The van der Waals surface area contributed by atoms with E-state index in [9.17, 15) is 14.9 Å². The van der Waals surface area contributed by atoms with Crippen LogP contribution in [0.5, 0.6) is 11.5 Å². The summed E-state index contributed by atoms with van der Waals surface area (Å²) < 4.78 is 11.5. The molecule has 0 aliphatic rings. The first-order chi connectivity index (χ1) is 16.0. The van der Waals surface area contributed by atoms with E-state index in [0.29, 0.717) is 34.9 Å². The van der Waals surface area contributed by atoms with Crippen LogP contribution in [-0.2, 0) is 6.61 Å². The van der Waals surface area contributed by atoms with Crippen molar-refractivity contribution in [2.75, 3.05) is 11.9 Å². The monoisotopic (exact) mass is 448 g/mol. The Labute approximate surface area is 191 Å². The largest absolute Gasteiger partial charge is 0.490 e. The lowest BCUT2D eigenvalue weighted by Crippen LogP contribution is -2.24. The molecule has 0 bridgehead atoms. The molecule has 170 valence electrons. The third-order valence-electron chi connectivity index (χ3n) is 4.56. The highest BCUT2D eigenvalue weighted by atomic mass is 16.6. The van der Waals surface area contributed by atoms with Crippen molar-refractivity contribution >= 4 is 23.6 Å². The van der Waals surface area contributed by atoms with Crippen molar-refractivity contribution in [3.63, 3.8) is 0 Å². The number of aryl methyl sites for hydroxylation is 1. The first kappa shape index (κ1) is 23.3. The predicted molar refractivity (Wildman–Crippen MR) is 126 cm³/mol. The van der Waals surface area contributed by atoms with Crippen LogP contribution in [0.25, 0.3) is 0 Å². The molecule has 0 heterocycles. The number of hydrazone groups is 1. The standard InChI is InChI=1S/C24H24N4O5/c1-3-32-23-14-18(15-25-27-24(29)26-21-10-5-4-7-17(21)2)11-12-22(23)33-16-19-8-6-9-20(13-19)28(30)31/h4-15H,3,16H2,1-2H3,(H2,26,27,29). The molecule has 9 heteroatoms. The van der Waals surface area contributed by atoms with Crippen molar-refractivity contribution in [3.8, 4) is 11.5 Å². The molecular formula is C24H24N4O5. The smallest absolute Gasteiger partial charge is 0.339 e. The Morgan fingerprint density at radius 1 is 1.06 bits per heavy atom. The summed E-state index contributed by atoms with van der Waals surface area (Å²) in [6.07, 6.45) is 1.49. The lowest BCUT2D eigenvalue weighted by Gasteiger charge is -2.12. The van der Waals surface area contributed by atoms with E-state index in [1.165, 1.54) is 18.3 Å². The van der Waals surface area contributed by atoms with Gasteiger partial charge in [0, 0.05) is 17.8 Å². The van der Waals surface area contributed by atoms with Crippen LogP contribution in [0.3, 0.4) is 0 Å². The van der Waals surface area contributed by atoms with Crippen molar-refractivity contribution in [3.05, 3.63) is 93.5 Å². The summed E-state index contributed by atoms with van der Waals surface area (Å²) in [4.78, 5) is 22.5. The van der Waals surface area contributed by atoms with Gasteiger partial charge in [-0.2, -0.15) is 5.10 Å². The van der Waals surface area contributed by atoms with Gasteiger partial charge in [-0.15, -0.1) is 0 Å². The molecule has 3 aromatic rings. The van der Waals surface area contributed by atoms with E-state index in [4.69, 9.17) is 9.47 Å². The molecule has 0 aliphatic carbocycles. The molecule has 0 spiro atoms. The van der Waals surface area contributed by atoms with Gasteiger partial charge in [-0.1, -0.05) is 30.3 Å². The highest BCUT2D eigenvalue weighted by Gasteiger charge is 2.09. The molecular weight excluding hydrogens is 424 g/mol. The predicted octanol–water partition coefficient (Wildman–Crippen LogP) is 5.04. The third kappa shape index (κ3) is 6.79. The zero-order chi connectivity index (χ0) is 23.6. The van der Waals surface area contributed by atoms with E-state index in [1.807, 2.05) is 32.0 Å². The van der Waals surface area contributed by atoms with Crippen molar-refractivity contribution in [1.29, 1.82) is 0 Å². The fraction of sp³-hybridized carbons (Fsp3) is 0.167. The maximum absolute atomic E-state index is 12.0. The number of nitro groups is 1. The van der Waals surface area contributed by atoms with Crippen LogP contribution in [0.15, 0.2) is 71.8 Å². The van der Waals surface area contributed by atoms with Gasteiger partial charge in [0.25, 0.3) is 5.69 Å². The van der Waals surface area contributed by atoms with Crippen LogP contribution >= 0.6 is 0 Å². The number of urea groups is 1. The summed E-state index contributed by atoms with van der Waals surface area (Å²) in [5, 5.41) is 17.6. The maximum atomic E-state index is 12.0. The van der Waals surface area contributed by atoms with Gasteiger partial charge in [0.1, 0.15) is 6.61 Å². The van der Waals surface area contributed by atoms with Crippen LogP contribution < -0.4 is 20.2 Å². The van der Waals surface area contributed by atoms with E-state index in [-0.39, 0.29) is 12.3 Å². The summed E-state index contributed by atoms with van der Waals surface area (Å²) in [6.45, 7) is 4.32. The molecule has 0 radical (unpaired) electrons. The minimum Gasteiger partial charge on any atom is -0.490 e. The molecule has 2 N–H and O–H groups in total. The number of nitrogens with one attached hydrogen (secondary N) is 2. The fourth-order valence-corrected chi connectivity index (χ4v) is 2.94. The van der Waals surface area contributed by atoms with Crippen LogP contribution in [-0.4, -0.2) is 23.8 Å². The average Bonchev–Trinajstić information content (AvgIpc) is 2.80. The van der Waals surface area contributed by atoms with Gasteiger partial charge in [0.05, 0.1) is 17.7 Å². The summed E-state index contributed by atoms with van der Waals surface area (Å²) in [5.41, 5.74) is 5.44. The molecule has 0 atom stereocenters. The molecule has 3 aromatic carbocycles. The SMILES string of the molecule is CCOc1cc(C=NNC(=O)Nc2ccccc2C)ccc1OCc1cccc([N+](=O)[O-])c1. The van der Waals surface area contributed by atoms with Crippen molar-refractivity contribution in [2.24, 2.45) is 5.10 Å². The highest BCUT2D eigenvalue weighted by molar-refractivity contribution is 5.91. The fourth-order valence-electron chi connectivity index (χ4n) is 2.94. The third-order valence-corrected chi connectivity index (χ3v) is 4.56. The van der Waals surface area contributed by atoms with E-state index in [1.54, 1.807) is 36.4 Å². The minimum atomic E-state index is -0.456. The van der Waals surface area contributed by atoms with Gasteiger partial charge >= 0.3 is 6.03 Å². The topological polar surface area (TPSA) is 115 Å². The highest BCUT2D eigenvalue weighted by Crippen LogP contribution is 2.29. The van der Waals surface area contributed by atoms with Crippen LogP contribution in [0, 0.1) is 17.0 Å². The number of benzene rings is 3. The van der Waals surface area contributed by atoms with Gasteiger partial charge in [0.2, 0.25) is 0 Å². The van der Waals surface area contributed by atoms with Gasteiger partial charge in [-0.25, -0.2) is 10.2 Å². The van der Waals surface area contributed by atoms with E-state index < -0.39 is 11.0 Å². The minimum absolute atomic E-state index is 0.00616. The second-order valence-electron chi connectivity index (χ2n) is 6.99. The van der Waals surface area contributed by atoms with Gasteiger partial charge < -0.3 is 14.8 Å². The quantitative estimate of drug-likeness (QED) is 0.270. The number of rotatable bonds is 9. The number of ether oxygens (including phenoxy) is 2. The normalized spacial score (nSPS) is 10.6. The Hall–Kier alpha value is -4.40. The number of nitrogens with zero attached hydrogens (tertiary/aromatic N) is 2. The van der Waals surface area contributed by atoms with Crippen LogP contribution in [0.2, 0.25) is 0 Å². The Morgan fingerprint density at radius 2 is 1.88 bits per heavy atom. The summed E-state index contributed by atoms with van der Waals surface area (Å²) in [7, 11) is 0. The molecule has 0 aliphatic heterocycles. The number of hydrogen-bond donors (Lipinski definition) is 2. The number of hydrogen-bond acceptors (Lipinski definition) is 6. The number of nitro benzene ring substituents is 1. The van der Waals surface area contributed by atoms with E-state index >= 15 is 0 Å². The lowest BCUT2D eigenvalue weighted by molar-refractivity contribution is -0.384. The average molecular weight is 448 g/mol. The number of carbonyl (C=O) groups is 1. The van der Waals surface area contributed by atoms with Gasteiger partial charge in [-0.05, 0) is 54.8 Å². The van der Waals surface area contributed by atoms with Crippen LogP contribution in [0.1, 0.15) is 23.6 Å². The maximum Gasteiger partial charge on any atom is 0.339 e. The van der Waals surface area contributed by atoms with Gasteiger partial charge in [-0.3, -0.25) is 10.1 Å². The Morgan fingerprint density at radius 3 is 2.64 bits per heavy atom. The Kier molecular flexibility index (Phi) is 7.96. The van der Waals surface area contributed by atoms with Crippen molar-refractivity contribution < 1.29 is 19.2 Å². The Balaban J connectivity index is 1.63. The summed E-state index contributed by atoms with van der Waals surface area (Å²) in [6, 6.07) is 18.5.